The molecule has 1 rings (SSSR count). The van der Waals surface area contributed by atoms with Gasteiger partial charge >= 0.3 is 5.97 Å². The van der Waals surface area contributed by atoms with Gasteiger partial charge in [0.25, 0.3) is 0 Å². The van der Waals surface area contributed by atoms with Crippen LogP contribution in [0.2, 0.25) is 5.02 Å². The molecule has 0 spiro atoms. The van der Waals surface area contributed by atoms with Gasteiger partial charge in [0.15, 0.2) is 0 Å². The summed E-state index contributed by atoms with van der Waals surface area (Å²) in [5, 5.41) is 9.81. The molecule has 0 radical (unpaired) electrons. The molecule has 0 aliphatic heterocycles. The molecular weight excluding hydrogens is 230 g/mol. The van der Waals surface area contributed by atoms with Gasteiger partial charge in [0.1, 0.15) is 11.4 Å². The summed E-state index contributed by atoms with van der Waals surface area (Å²) in [7, 11) is 0. The van der Waals surface area contributed by atoms with Crippen LogP contribution in [0, 0.1) is 0 Å². The predicted octanol–water partition coefficient (Wildman–Crippen LogP) is 2.32. The molecule has 5 heteroatoms. The number of rotatable bonds is 2. The molecule has 0 aromatic carbocycles. The van der Waals surface area contributed by atoms with E-state index in [1.54, 1.807) is 20.8 Å². The van der Waals surface area contributed by atoms with Crippen molar-refractivity contribution in [3.63, 3.8) is 0 Å². The maximum atomic E-state index is 11.5. The summed E-state index contributed by atoms with van der Waals surface area (Å²) in [5.41, 5.74) is -0.280. The van der Waals surface area contributed by atoms with Crippen LogP contribution in [0.15, 0.2) is 12.3 Å². The van der Waals surface area contributed by atoms with E-state index in [4.69, 9.17) is 16.3 Å². The van der Waals surface area contributed by atoms with Crippen LogP contribution >= 0.6 is 11.6 Å². The Labute approximate surface area is 99.2 Å². The molecule has 1 heterocycles. The van der Waals surface area contributed by atoms with Crippen LogP contribution in [0.25, 0.3) is 0 Å². The van der Waals surface area contributed by atoms with E-state index < -0.39 is 11.6 Å². The summed E-state index contributed by atoms with van der Waals surface area (Å²) in [5.74, 6) is -0.531. The Bertz CT molecular complexity index is 399. The SMILES string of the molecule is CC(C)(C)OC(=O)Cc1ncc(Cl)cc1O. The maximum Gasteiger partial charge on any atom is 0.312 e. The number of carbonyl (C=O) groups excluding carboxylic acids is 1. The van der Waals surface area contributed by atoms with E-state index in [1.807, 2.05) is 0 Å². The number of aromatic hydroxyl groups is 1. The summed E-state index contributed by atoms with van der Waals surface area (Å²) in [4.78, 5) is 15.3. The summed E-state index contributed by atoms with van der Waals surface area (Å²) in [6.07, 6.45) is 1.31. The molecule has 0 unspecified atom stereocenters. The average molecular weight is 244 g/mol. The first kappa shape index (κ1) is 12.8. The molecule has 88 valence electrons. The van der Waals surface area contributed by atoms with E-state index in [-0.39, 0.29) is 17.9 Å². The van der Waals surface area contributed by atoms with E-state index >= 15 is 0 Å². The Morgan fingerprint density at radius 1 is 1.56 bits per heavy atom. The minimum absolute atomic E-state index is 0.0692. The fourth-order valence-corrected chi connectivity index (χ4v) is 1.26. The van der Waals surface area contributed by atoms with Crippen molar-refractivity contribution in [3.05, 3.63) is 23.0 Å². The highest BCUT2D eigenvalue weighted by Gasteiger charge is 2.18. The highest BCUT2D eigenvalue weighted by molar-refractivity contribution is 6.30. The quantitative estimate of drug-likeness (QED) is 0.810. The van der Waals surface area contributed by atoms with E-state index in [0.717, 1.165) is 0 Å². The number of hydrogen-bond donors (Lipinski definition) is 1. The second kappa shape index (κ2) is 4.70. The molecule has 0 fully saturated rings. The van der Waals surface area contributed by atoms with Crippen molar-refractivity contribution in [2.45, 2.75) is 32.8 Å². The summed E-state index contributed by atoms with van der Waals surface area (Å²) >= 11 is 5.62. The average Bonchev–Trinajstić information content (AvgIpc) is 2.06. The zero-order chi connectivity index (χ0) is 12.3. The Balaban J connectivity index is 2.70. The first-order valence-corrected chi connectivity index (χ1v) is 5.21. The van der Waals surface area contributed by atoms with Gasteiger partial charge in [0.05, 0.1) is 17.1 Å². The van der Waals surface area contributed by atoms with Crippen LogP contribution < -0.4 is 0 Å². The molecule has 0 aliphatic rings. The zero-order valence-electron chi connectivity index (χ0n) is 9.45. The predicted molar refractivity (Wildman–Crippen MR) is 60.5 cm³/mol. The van der Waals surface area contributed by atoms with Gasteiger partial charge in [-0.25, -0.2) is 0 Å². The third-order valence-electron chi connectivity index (χ3n) is 1.65. The van der Waals surface area contributed by atoms with Crippen molar-refractivity contribution in [2.75, 3.05) is 0 Å². The molecule has 0 aliphatic carbocycles. The molecule has 0 bridgehead atoms. The van der Waals surface area contributed by atoms with Crippen molar-refractivity contribution in [1.29, 1.82) is 0 Å². The summed E-state index contributed by atoms with van der Waals surface area (Å²) in [6, 6.07) is 1.34. The van der Waals surface area contributed by atoms with Crippen LogP contribution in [-0.4, -0.2) is 21.7 Å². The molecule has 0 saturated heterocycles. The largest absolute Gasteiger partial charge is 0.506 e. The Morgan fingerprint density at radius 3 is 2.69 bits per heavy atom. The molecule has 0 saturated carbocycles. The van der Waals surface area contributed by atoms with Gasteiger partial charge in [-0.15, -0.1) is 0 Å². The molecule has 1 aromatic rings. The molecule has 1 N–H and O–H groups in total. The van der Waals surface area contributed by atoms with Crippen LogP contribution in [-0.2, 0) is 16.0 Å². The lowest BCUT2D eigenvalue weighted by Crippen LogP contribution is -2.25. The van der Waals surface area contributed by atoms with Crippen LogP contribution in [0.5, 0.6) is 5.75 Å². The number of esters is 1. The lowest BCUT2D eigenvalue weighted by atomic mass is 10.2. The summed E-state index contributed by atoms with van der Waals surface area (Å²) in [6.45, 7) is 5.33. The van der Waals surface area contributed by atoms with E-state index in [9.17, 15) is 9.90 Å². The Morgan fingerprint density at radius 2 is 2.19 bits per heavy atom. The standard InChI is InChI=1S/C11H14ClNO3/c1-11(2,3)16-10(15)5-8-9(14)4-7(12)6-13-8/h4,6,14H,5H2,1-3H3. The minimum atomic E-state index is -0.543. The maximum absolute atomic E-state index is 11.5. The molecule has 1 aromatic heterocycles. The minimum Gasteiger partial charge on any atom is -0.506 e. The van der Waals surface area contributed by atoms with Crippen LogP contribution in [0.3, 0.4) is 0 Å². The molecular formula is C11H14ClNO3. The lowest BCUT2D eigenvalue weighted by Gasteiger charge is -2.19. The fourth-order valence-electron chi connectivity index (χ4n) is 1.11. The normalized spacial score (nSPS) is 11.2. The number of halogens is 1. The van der Waals surface area contributed by atoms with Crippen molar-refractivity contribution >= 4 is 17.6 Å². The number of hydrogen-bond acceptors (Lipinski definition) is 4. The second-order valence-corrected chi connectivity index (χ2v) is 4.82. The number of aromatic nitrogens is 1. The van der Waals surface area contributed by atoms with Crippen molar-refractivity contribution in [1.82, 2.24) is 4.98 Å². The lowest BCUT2D eigenvalue weighted by molar-refractivity contribution is -0.154. The van der Waals surface area contributed by atoms with Gasteiger partial charge in [-0.05, 0) is 20.8 Å². The first-order chi connectivity index (χ1) is 7.28. The van der Waals surface area contributed by atoms with Crippen molar-refractivity contribution in [3.8, 4) is 5.75 Å². The molecule has 4 nitrogen and oxygen atoms in total. The van der Waals surface area contributed by atoms with E-state index in [0.29, 0.717) is 5.02 Å². The van der Waals surface area contributed by atoms with Gasteiger partial charge in [-0.2, -0.15) is 0 Å². The van der Waals surface area contributed by atoms with E-state index in [2.05, 4.69) is 4.98 Å². The Kier molecular flexibility index (Phi) is 3.75. The van der Waals surface area contributed by atoms with Crippen molar-refractivity contribution < 1.29 is 14.6 Å². The highest BCUT2D eigenvalue weighted by Crippen LogP contribution is 2.20. The second-order valence-electron chi connectivity index (χ2n) is 4.38. The monoisotopic (exact) mass is 243 g/mol. The fraction of sp³-hybridized carbons (Fsp3) is 0.455. The zero-order valence-corrected chi connectivity index (χ0v) is 10.2. The smallest absolute Gasteiger partial charge is 0.312 e. The number of carbonyl (C=O) groups is 1. The van der Waals surface area contributed by atoms with Gasteiger partial charge in [0, 0.05) is 12.3 Å². The van der Waals surface area contributed by atoms with Gasteiger partial charge in [-0.1, -0.05) is 11.6 Å². The molecule has 0 amide bonds. The third-order valence-corrected chi connectivity index (χ3v) is 1.85. The highest BCUT2D eigenvalue weighted by atomic mass is 35.5. The van der Waals surface area contributed by atoms with Crippen LogP contribution in [0.1, 0.15) is 26.5 Å². The number of nitrogens with zero attached hydrogens (tertiary/aromatic N) is 1. The number of ether oxygens (including phenoxy) is 1. The number of pyridine rings is 1. The Hall–Kier alpha value is -1.29. The molecule has 16 heavy (non-hydrogen) atoms. The third kappa shape index (κ3) is 4.06. The van der Waals surface area contributed by atoms with E-state index in [1.165, 1.54) is 12.3 Å². The van der Waals surface area contributed by atoms with Crippen molar-refractivity contribution in [2.24, 2.45) is 0 Å². The summed E-state index contributed by atoms with van der Waals surface area (Å²) < 4.78 is 5.10. The van der Waals surface area contributed by atoms with Crippen LogP contribution in [0.4, 0.5) is 0 Å². The van der Waals surface area contributed by atoms with Gasteiger partial charge in [-0.3, -0.25) is 9.78 Å². The van der Waals surface area contributed by atoms with Gasteiger partial charge < -0.3 is 9.84 Å². The topological polar surface area (TPSA) is 59.4 Å². The molecule has 0 atom stereocenters. The first-order valence-electron chi connectivity index (χ1n) is 4.83. The van der Waals surface area contributed by atoms with Gasteiger partial charge in [0.2, 0.25) is 0 Å².